The number of nitrogens with one attached hydrogen (secondary N) is 2. The van der Waals surface area contributed by atoms with Crippen LogP contribution >= 0.6 is 0 Å². The van der Waals surface area contributed by atoms with E-state index >= 15 is 0 Å². The standard InChI is InChI=1S/C16H32N2O2/c1-11(2)13(12(3)4)10-18-14(19)8-9-17-15(20)16(5,6)7/h11-13H,8-10H2,1-7H3,(H,17,20)(H,18,19). The maximum absolute atomic E-state index is 11.8. The molecule has 4 nitrogen and oxygen atoms in total. The van der Waals surface area contributed by atoms with Crippen LogP contribution in [0.2, 0.25) is 0 Å². The second-order valence-corrected chi connectivity index (χ2v) is 7.21. The highest BCUT2D eigenvalue weighted by molar-refractivity contribution is 5.82. The third kappa shape index (κ3) is 7.51. The molecular weight excluding hydrogens is 252 g/mol. The van der Waals surface area contributed by atoms with Gasteiger partial charge in [-0.2, -0.15) is 0 Å². The molecule has 0 aromatic heterocycles. The van der Waals surface area contributed by atoms with Crippen LogP contribution < -0.4 is 10.6 Å². The van der Waals surface area contributed by atoms with Crippen LogP contribution in [0.5, 0.6) is 0 Å². The van der Waals surface area contributed by atoms with Crippen molar-refractivity contribution in [1.82, 2.24) is 10.6 Å². The van der Waals surface area contributed by atoms with Gasteiger partial charge in [0.15, 0.2) is 0 Å². The lowest BCUT2D eigenvalue weighted by Crippen LogP contribution is -2.38. The minimum atomic E-state index is -0.406. The number of carbonyl (C=O) groups excluding carboxylic acids is 2. The van der Waals surface area contributed by atoms with Crippen LogP contribution in [0.1, 0.15) is 54.9 Å². The molecule has 0 aliphatic rings. The average Bonchev–Trinajstić information content (AvgIpc) is 2.26. The summed E-state index contributed by atoms with van der Waals surface area (Å²) in [6.07, 6.45) is 0.338. The van der Waals surface area contributed by atoms with Gasteiger partial charge in [0, 0.05) is 24.9 Å². The molecule has 20 heavy (non-hydrogen) atoms. The fourth-order valence-electron chi connectivity index (χ4n) is 2.12. The Kier molecular flexibility index (Phi) is 7.84. The fourth-order valence-corrected chi connectivity index (χ4v) is 2.12. The summed E-state index contributed by atoms with van der Waals surface area (Å²) in [7, 11) is 0. The van der Waals surface area contributed by atoms with Crippen molar-refractivity contribution in [2.24, 2.45) is 23.2 Å². The monoisotopic (exact) mass is 284 g/mol. The summed E-state index contributed by atoms with van der Waals surface area (Å²) in [5.41, 5.74) is -0.406. The molecule has 2 N–H and O–H groups in total. The molecule has 0 saturated heterocycles. The van der Waals surface area contributed by atoms with Gasteiger partial charge in [0.1, 0.15) is 0 Å². The summed E-state index contributed by atoms with van der Waals surface area (Å²) < 4.78 is 0. The van der Waals surface area contributed by atoms with Gasteiger partial charge >= 0.3 is 0 Å². The predicted molar refractivity (Wildman–Crippen MR) is 83.3 cm³/mol. The third-order valence-corrected chi connectivity index (χ3v) is 3.57. The predicted octanol–water partition coefficient (Wildman–Crippen LogP) is 2.58. The van der Waals surface area contributed by atoms with E-state index in [1.807, 2.05) is 20.8 Å². The number of carbonyl (C=O) groups is 2. The molecule has 0 fully saturated rings. The van der Waals surface area contributed by atoms with Gasteiger partial charge in [-0.3, -0.25) is 9.59 Å². The van der Waals surface area contributed by atoms with Gasteiger partial charge < -0.3 is 10.6 Å². The lowest BCUT2D eigenvalue weighted by molar-refractivity contribution is -0.128. The first-order chi connectivity index (χ1) is 9.05. The zero-order valence-corrected chi connectivity index (χ0v) is 14.2. The Labute approximate surface area is 124 Å². The highest BCUT2D eigenvalue weighted by Gasteiger charge is 2.21. The van der Waals surface area contributed by atoms with E-state index in [0.717, 1.165) is 0 Å². The first-order valence-corrected chi connectivity index (χ1v) is 7.60. The first-order valence-electron chi connectivity index (χ1n) is 7.60. The van der Waals surface area contributed by atoms with E-state index in [2.05, 4.69) is 38.3 Å². The van der Waals surface area contributed by atoms with E-state index in [4.69, 9.17) is 0 Å². The lowest BCUT2D eigenvalue weighted by atomic mass is 9.85. The van der Waals surface area contributed by atoms with E-state index in [1.54, 1.807) is 0 Å². The van der Waals surface area contributed by atoms with Crippen LogP contribution in [-0.4, -0.2) is 24.9 Å². The average molecular weight is 284 g/mol. The van der Waals surface area contributed by atoms with Crippen LogP contribution in [0, 0.1) is 23.2 Å². The Morgan fingerprint density at radius 2 is 1.45 bits per heavy atom. The molecule has 0 saturated carbocycles. The Balaban J connectivity index is 3.98. The van der Waals surface area contributed by atoms with Crippen molar-refractivity contribution in [3.8, 4) is 0 Å². The molecule has 0 rings (SSSR count). The SMILES string of the molecule is CC(C)C(CNC(=O)CCNC(=O)C(C)(C)C)C(C)C. The van der Waals surface area contributed by atoms with Gasteiger partial charge in [-0.1, -0.05) is 48.5 Å². The zero-order valence-electron chi connectivity index (χ0n) is 14.2. The van der Waals surface area contributed by atoms with Crippen molar-refractivity contribution in [3.05, 3.63) is 0 Å². The van der Waals surface area contributed by atoms with Crippen molar-refractivity contribution in [2.45, 2.75) is 54.9 Å². The van der Waals surface area contributed by atoms with E-state index in [0.29, 0.717) is 37.3 Å². The van der Waals surface area contributed by atoms with E-state index < -0.39 is 5.41 Å². The molecule has 0 aromatic carbocycles. The minimum Gasteiger partial charge on any atom is -0.356 e. The summed E-state index contributed by atoms with van der Waals surface area (Å²) in [6, 6.07) is 0. The molecule has 118 valence electrons. The molecule has 0 radical (unpaired) electrons. The normalized spacial score (nSPS) is 12.1. The molecule has 2 amide bonds. The first kappa shape index (κ1) is 18.9. The zero-order chi connectivity index (χ0) is 15.9. The number of rotatable bonds is 7. The third-order valence-electron chi connectivity index (χ3n) is 3.57. The summed E-state index contributed by atoms with van der Waals surface area (Å²) in [4.78, 5) is 23.4. The van der Waals surface area contributed by atoms with Crippen molar-refractivity contribution in [1.29, 1.82) is 0 Å². The molecular formula is C16H32N2O2. The van der Waals surface area contributed by atoms with Gasteiger partial charge in [0.2, 0.25) is 11.8 Å². The van der Waals surface area contributed by atoms with Crippen LogP contribution in [0.4, 0.5) is 0 Å². The van der Waals surface area contributed by atoms with Crippen LogP contribution in [-0.2, 0) is 9.59 Å². The fraction of sp³-hybridized carbons (Fsp3) is 0.875. The quantitative estimate of drug-likeness (QED) is 0.755. The second-order valence-electron chi connectivity index (χ2n) is 7.21. The smallest absolute Gasteiger partial charge is 0.225 e. The lowest BCUT2D eigenvalue weighted by Gasteiger charge is -2.25. The van der Waals surface area contributed by atoms with Gasteiger partial charge in [-0.25, -0.2) is 0 Å². The van der Waals surface area contributed by atoms with Crippen LogP contribution in [0.15, 0.2) is 0 Å². The van der Waals surface area contributed by atoms with Crippen molar-refractivity contribution in [3.63, 3.8) is 0 Å². The van der Waals surface area contributed by atoms with Crippen LogP contribution in [0.25, 0.3) is 0 Å². The highest BCUT2D eigenvalue weighted by atomic mass is 16.2. The summed E-state index contributed by atoms with van der Waals surface area (Å²) in [5, 5.41) is 5.75. The summed E-state index contributed by atoms with van der Waals surface area (Å²) >= 11 is 0. The molecule has 4 heteroatoms. The van der Waals surface area contributed by atoms with Gasteiger partial charge in [-0.05, 0) is 17.8 Å². The Morgan fingerprint density at radius 1 is 0.950 bits per heavy atom. The second kappa shape index (κ2) is 8.28. The molecule has 0 heterocycles. The number of amides is 2. The molecule has 0 aromatic rings. The van der Waals surface area contributed by atoms with Crippen molar-refractivity contribution < 1.29 is 9.59 Å². The van der Waals surface area contributed by atoms with Crippen LogP contribution in [0.3, 0.4) is 0 Å². The maximum atomic E-state index is 11.8. The van der Waals surface area contributed by atoms with E-state index in [1.165, 1.54) is 0 Å². The topological polar surface area (TPSA) is 58.2 Å². The molecule has 0 unspecified atom stereocenters. The number of hydrogen-bond acceptors (Lipinski definition) is 2. The maximum Gasteiger partial charge on any atom is 0.225 e. The molecule has 0 spiro atoms. The summed E-state index contributed by atoms with van der Waals surface area (Å²) in [6.45, 7) is 15.4. The highest BCUT2D eigenvalue weighted by Crippen LogP contribution is 2.19. The molecule has 0 bridgehead atoms. The van der Waals surface area contributed by atoms with Gasteiger partial charge in [-0.15, -0.1) is 0 Å². The Morgan fingerprint density at radius 3 is 1.85 bits per heavy atom. The minimum absolute atomic E-state index is 0.00510. The number of hydrogen-bond donors (Lipinski definition) is 2. The molecule has 0 aliphatic heterocycles. The van der Waals surface area contributed by atoms with E-state index in [9.17, 15) is 9.59 Å². The molecule has 0 atom stereocenters. The van der Waals surface area contributed by atoms with Crippen molar-refractivity contribution >= 4 is 11.8 Å². The van der Waals surface area contributed by atoms with Crippen molar-refractivity contribution in [2.75, 3.05) is 13.1 Å². The largest absolute Gasteiger partial charge is 0.356 e. The Hall–Kier alpha value is -1.06. The van der Waals surface area contributed by atoms with Gasteiger partial charge in [0.25, 0.3) is 0 Å². The Bertz CT molecular complexity index is 309. The molecule has 0 aliphatic carbocycles. The van der Waals surface area contributed by atoms with Gasteiger partial charge in [0.05, 0.1) is 0 Å². The van der Waals surface area contributed by atoms with E-state index in [-0.39, 0.29) is 11.8 Å². The summed E-state index contributed by atoms with van der Waals surface area (Å²) in [5.74, 6) is 1.58.